The van der Waals surface area contributed by atoms with E-state index >= 15 is 0 Å². The number of tetrazole rings is 1. The standard InChI is InChI=1S/C16H18N6OS/c1-3-16(2,15-17-8-9-24-15)19-14(23)10-12-4-6-13(7-5-12)22-11-18-20-21-22/h4-9,11H,3,10H2,1-2H3,(H,19,23)/t16-/m1/s1. The van der Waals surface area contributed by atoms with Gasteiger partial charge in [-0.1, -0.05) is 19.1 Å². The maximum atomic E-state index is 12.4. The van der Waals surface area contributed by atoms with Crippen LogP contribution < -0.4 is 5.32 Å². The van der Waals surface area contributed by atoms with Crippen LogP contribution in [-0.2, 0) is 16.8 Å². The molecule has 1 atom stereocenters. The molecular weight excluding hydrogens is 324 g/mol. The molecule has 2 heterocycles. The average Bonchev–Trinajstić information content (AvgIpc) is 3.29. The van der Waals surface area contributed by atoms with Crippen LogP contribution in [0.15, 0.2) is 42.2 Å². The Labute approximate surface area is 143 Å². The fraction of sp³-hybridized carbons (Fsp3) is 0.312. The Morgan fingerprint density at radius 2 is 2.12 bits per heavy atom. The molecule has 0 radical (unpaired) electrons. The van der Waals surface area contributed by atoms with E-state index in [2.05, 4.69) is 25.8 Å². The number of aromatic nitrogens is 5. The highest BCUT2D eigenvalue weighted by atomic mass is 32.1. The Balaban J connectivity index is 1.66. The number of amides is 1. The van der Waals surface area contributed by atoms with E-state index in [9.17, 15) is 4.79 Å². The molecule has 0 fully saturated rings. The molecule has 1 N–H and O–H groups in total. The number of nitrogens with zero attached hydrogens (tertiary/aromatic N) is 5. The third-order valence-corrected chi connectivity index (χ3v) is 4.98. The molecule has 0 aliphatic carbocycles. The van der Waals surface area contributed by atoms with Crippen molar-refractivity contribution in [1.82, 2.24) is 30.5 Å². The summed E-state index contributed by atoms with van der Waals surface area (Å²) in [6.45, 7) is 4.05. The summed E-state index contributed by atoms with van der Waals surface area (Å²) in [7, 11) is 0. The minimum atomic E-state index is -0.433. The molecule has 0 saturated heterocycles. The second kappa shape index (κ2) is 6.88. The zero-order chi connectivity index (χ0) is 17.0. The van der Waals surface area contributed by atoms with Gasteiger partial charge in [-0.25, -0.2) is 9.67 Å². The lowest BCUT2D eigenvalue weighted by atomic mass is 9.99. The first kappa shape index (κ1) is 16.3. The van der Waals surface area contributed by atoms with E-state index in [0.29, 0.717) is 6.42 Å². The maximum absolute atomic E-state index is 12.4. The Morgan fingerprint density at radius 1 is 1.33 bits per heavy atom. The summed E-state index contributed by atoms with van der Waals surface area (Å²) in [4.78, 5) is 16.8. The largest absolute Gasteiger partial charge is 0.344 e. The predicted octanol–water partition coefficient (Wildman–Crippen LogP) is 2.10. The van der Waals surface area contributed by atoms with Crippen molar-refractivity contribution >= 4 is 17.2 Å². The summed E-state index contributed by atoms with van der Waals surface area (Å²) >= 11 is 1.56. The van der Waals surface area contributed by atoms with E-state index in [1.807, 2.05) is 43.5 Å². The fourth-order valence-corrected chi connectivity index (χ4v) is 3.20. The van der Waals surface area contributed by atoms with E-state index in [-0.39, 0.29) is 5.91 Å². The number of carbonyl (C=O) groups excluding carboxylic acids is 1. The van der Waals surface area contributed by atoms with Gasteiger partial charge in [0.15, 0.2) is 0 Å². The van der Waals surface area contributed by atoms with Crippen molar-refractivity contribution in [3.05, 3.63) is 52.7 Å². The minimum Gasteiger partial charge on any atom is -0.344 e. The van der Waals surface area contributed by atoms with Crippen molar-refractivity contribution in [1.29, 1.82) is 0 Å². The number of carbonyl (C=O) groups is 1. The van der Waals surface area contributed by atoms with E-state index in [1.54, 1.807) is 22.2 Å². The van der Waals surface area contributed by atoms with Gasteiger partial charge in [-0.05, 0) is 41.5 Å². The predicted molar refractivity (Wildman–Crippen MR) is 90.8 cm³/mol. The van der Waals surface area contributed by atoms with Gasteiger partial charge in [0.25, 0.3) is 0 Å². The highest BCUT2D eigenvalue weighted by molar-refractivity contribution is 7.09. The van der Waals surface area contributed by atoms with Crippen LogP contribution in [0.1, 0.15) is 30.8 Å². The lowest BCUT2D eigenvalue weighted by molar-refractivity contribution is -0.122. The molecule has 124 valence electrons. The number of benzene rings is 1. The van der Waals surface area contributed by atoms with Crippen LogP contribution in [0.25, 0.3) is 5.69 Å². The molecule has 0 saturated carbocycles. The van der Waals surface area contributed by atoms with Crippen LogP contribution in [0.2, 0.25) is 0 Å². The van der Waals surface area contributed by atoms with Crippen LogP contribution in [-0.4, -0.2) is 31.1 Å². The van der Waals surface area contributed by atoms with Gasteiger partial charge in [-0.15, -0.1) is 16.4 Å². The van der Waals surface area contributed by atoms with Crippen molar-refractivity contribution < 1.29 is 4.79 Å². The third kappa shape index (κ3) is 3.48. The zero-order valence-electron chi connectivity index (χ0n) is 13.5. The van der Waals surface area contributed by atoms with Gasteiger partial charge in [-0.3, -0.25) is 4.79 Å². The summed E-state index contributed by atoms with van der Waals surface area (Å²) in [5.74, 6) is -0.0234. The van der Waals surface area contributed by atoms with Gasteiger partial charge in [0, 0.05) is 11.6 Å². The molecule has 3 aromatic rings. The molecule has 3 rings (SSSR count). The first-order chi connectivity index (χ1) is 11.6. The summed E-state index contributed by atoms with van der Waals surface area (Å²) < 4.78 is 1.57. The van der Waals surface area contributed by atoms with Crippen molar-refractivity contribution in [2.75, 3.05) is 0 Å². The van der Waals surface area contributed by atoms with Crippen molar-refractivity contribution in [2.45, 2.75) is 32.2 Å². The van der Waals surface area contributed by atoms with Gasteiger partial charge in [0.2, 0.25) is 5.91 Å². The fourth-order valence-electron chi connectivity index (χ4n) is 2.37. The van der Waals surface area contributed by atoms with Crippen LogP contribution in [0, 0.1) is 0 Å². The Bertz CT molecular complexity index is 785. The molecule has 7 nitrogen and oxygen atoms in total. The van der Waals surface area contributed by atoms with Gasteiger partial charge in [0.1, 0.15) is 11.3 Å². The highest BCUT2D eigenvalue weighted by Gasteiger charge is 2.29. The minimum absolute atomic E-state index is 0.0234. The number of nitrogens with one attached hydrogen (secondary N) is 1. The number of rotatable bonds is 6. The summed E-state index contributed by atoms with van der Waals surface area (Å²) in [5.41, 5.74) is 1.35. The Hall–Kier alpha value is -2.61. The molecule has 2 aromatic heterocycles. The maximum Gasteiger partial charge on any atom is 0.225 e. The van der Waals surface area contributed by atoms with E-state index < -0.39 is 5.54 Å². The second-order valence-corrected chi connectivity index (χ2v) is 6.56. The molecule has 0 unspecified atom stereocenters. The van der Waals surface area contributed by atoms with Gasteiger partial charge in [-0.2, -0.15) is 0 Å². The number of hydrogen-bond acceptors (Lipinski definition) is 6. The molecule has 1 amide bonds. The molecule has 0 bridgehead atoms. The molecule has 1 aromatic carbocycles. The van der Waals surface area contributed by atoms with E-state index in [4.69, 9.17) is 0 Å². The second-order valence-electron chi connectivity index (χ2n) is 5.67. The van der Waals surface area contributed by atoms with E-state index in [1.165, 1.54) is 6.33 Å². The summed E-state index contributed by atoms with van der Waals surface area (Å²) in [6.07, 6.45) is 4.39. The molecule has 0 aliphatic heterocycles. The smallest absolute Gasteiger partial charge is 0.225 e. The molecule has 24 heavy (non-hydrogen) atoms. The van der Waals surface area contributed by atoms with Crippen LogP contribution in [0.4, 0.5) is 0 Å². The van der Waals surface area contributed by atoms with Gasteiger partial charge < -0.3 is 5.32 Å². The Kier molecular flexibility index (Phi) is 4.66. The normalized spacial score (nSPS) is 13.4. The van der Waals surface area contributed by atoms with Crippen LogP contribution >= 0.6 is 11.3 Å². The molecule has 0 aliphatic rings. The van der Waals surface area contributed by atoms with Gasteiger partial charge in [0.05, 0.1) is 17.6 Å². The lowest BCUT2D eigenvalue weighted by Gasteiger charge is -2.27. The number of hydrogen-bond donors (Lipinski definition) is 1. The van der Waals surface area contributed by atoms with Crippen LogP contribution in [0.5, 0.6) is 0 Å². The topological polar surface area (TPSA) is 85.6 Å². The summed E-state index contributed by atoms with van der Waals surface area (Å²) in [5, 5.41) is 17.0. The van der Waals surface area contributed by atoms with E-state index in [0.717, 1.165) is 22.7 Å². The molecule has 0 spiro atoms. The van der Waals surface area contributed by atoms with Gasteiger partial charge >= 0.3 is 0 Å². The summed E-state index contributed by atoms with van der Waals surface area (Å²) in [6, 6.07) is 7.59. The molecule has 8 heteroatoms. The highest BCUT2D eigenvalue weighted by Crippen LogP contribution is 2.26. The van der Waals surface area contributed by atoms with Crippen molar-refractivity contribution in [3.63, 3.8) is 0 Å². The third-order valence-electron chi connectivity index (χ3n) is 3.94. The Morgan fingerprint density at radius 3 is 2.71 bits per heavy atom. The SMILES string of the molecule is CC[C@@](C)(NC(=O)Cc1ccc(-n2cnnn2)cc1)c1nccs1. The lowest BCUT2D eigenvalue weighted by Crippen LogP contribution is -2.43. The quantitative estimate of drug-likeness (QED) is 0.741. The molecular formula is C16H18N6OS. The average molecular weight is 342 g/mol. The van der Waals surface area contributed by atoms with Crippen molar-refractivity contribution in [2.24, 2.45) is 0 Å². The van der Waals surface area contributed by atoms with Crippen LogP contribution in [0.3, 0.4) is 0 Å². The number of thiazole rings is 1. The first-order valence-electron chi connectivity index (χ1n) is 7.64. The first-order valence-corrected chi connectivity index (χ1v) is 8.52. The zero-order valence-corrected chi connectivity index (χ0v) is 14.3. The monoisotopic (exact) mass is 342 g/mol. The van der Waals surface area contributed by atoms with Crippen molar-refractivity contribution in [3.8, 4) is 5.69 Å².